The number of hydrogen-bond donors (Lipinski definition) is 2. The summed E-state index contributed by atoms with van der Waals surface area (Å²) in [5.74, 6) is 0.884. The fraction of sp³-hybridized carbons (Fsp3) is 0.500. The lowest BCUT2D eigenvalue weighted by Crippen LogP contribution is -2.11. The van der Waals surface area contributed by atoms with Gasteiger partial charge in [0.05, 0.1) is 8.95 Å². The van der Waals surface area contributed by atoms with Crippen molar-refractivity contribution in [2.24, 2.45) is 11.7 Å². The molecule has 1 aromatic rings. The molecule has 0 radical (unpaired) electrons. The monoisotopic (exact) mass is 349 g/mol. The second kappa shape index (κ2) is 6.03. The molecule has 3 N–H and O–H groups in total. The van der Waals surface area contributed by atoms with Gasteiger partial charge in [-0.25, -0.2) is 0 Å². The van der Waals surface area contributed by atoms with Crippen LogP contribution in [-0.2, 0) is 0 Å². The van der Waals surface area contributed by atoms with Crippen molar-refractivity contribution in [2.75, 3.05) is 0 Å². The molecule has 0 unspecified atom stereocenters. The van der Waals surface area contributed by atoms with Gasteiger partial charge in [-0.3, -0.25) is 0 Å². The van der Waals surface area contributed by atoms with Crippen molar-refractivity contribution >= 4 is 31.9 Å². The van der Waals surface area contributed by atoms with Gasteiger partial charge in [0.2, 0.25) is 0 Å². The van der Waals surface area contributed by atoms with Gasteiger partial charge in [-0.1, -0.05) is 13.8 Å². The highest BCUT2D eigenvalue weighted by molar-refractivity contribution is 9.11. The predicted molar refractivity (Wildman–Crippen MR) is 74.5 cm³/mol. The van der Waals surface area contributed by atoms with E-state index in [1.54, 1.807) is 0 Å². The normalized spacial score (nSPS) is 13.1. The zero-order valence-electron chi connectivity index (χ0n) is 9.50. The van der Waals surface area contributed by atoms with E-state index in [1.807, 2.05) is 12.1 Å². The number of benzene rings is 1. The van der Waals surface area contributed by atoms with E-state index in [-0.39, 0.29) is 11.8 Å². The summed E-state index contributed by atoms with van der Waals surface area (Å²) in [6.45, 7) is 4.38. The van der Waals surface area contributed by atoms with Gasteiger partial charge < -0.3 is 10.8 Å². The molecule has 0 spiro atoms. The summed E-state index contributed by atoms with van der Waals surface area (Å²) in [5, 5.41) is 9.60. The van der Waals surface area contributed by atoms with E-state index < -0.39 is 0 Å². The summed E-state index contributed by atoms with van der Waals surface area (Å²) < 4.78 is 1.36. The third kappa shape index (κ3) is 3.75. The third-order valence-electron chi connectivity index (χ3n) is 2.52. The van der Waals surface area contributed by atoms with Crippen LogP contribution in [0, 0.1) is 5.92 Å². The van der Waals surface area contributed by atoms with Crippen LogP contribution in [0.25, 0.3) is 0 Å². The number of hydrogen-bond acceptors (Lipinski definition) is 2. The quantitative estimate of drug-likeness (QED) is 0.847. The molecule has 0 fully saturated rings. The highest BCUT2D eigenvalue weighted by atomic mass is 79.9. The van der Waals surface area contributed by atoms with Gasteiger partial charge >= 0.3 is 0 Å². The molecule has 0 amide bonds. The van der Waals surface area contributed by atoms with Crippen LogP contribution >= 0.6 is 31.9 Å². The lowest BCUT2D eigenvalue weighted by molar-refractivity contribution is 0.466. The van der Waals surface area contributed by atoms with Gasteiger partial charge in [0, 0.05) is 6.04 Å². The summed E-state index contributed by atoms with van der Waals surface area (Å²) in [6, 6.07) is 3.78. The second-order valence-corrected chi connectivity index (χ2v) is 6.12. The average Bonchev–Trinajstić information content (AvgIpc) is 2.21. The summed E-state index contributed by atoms with van der Waals surface area (Å²) in [5.41, 5.74) is 7.15. The molecular formula is C12H17Br2NO. The van der Waals surface area contributed by atoms with Crippen molar-refractivity contribution in [3.63, 3.8) is 0 Å². The molecule has 0 bridgehead atoms. The minimum Gasteiger partial charge on any atom is -0.506 e. The van der Waals surface area contributed by atoms with Gasteiger partial charge in [-0.15, -0.1) is 0 Å². The molecule has 0 heterocycles. The Balaban J connectivity index is 2.80. The highest BCUT2D eigenvalue weighted by Crippen LogP contribution is 2.35. The van der Waals surface area contributed by atoms with Crippen LogP contribution in [0.15, 0.2) is 21.1 Å². The number of phenols is 1. The first kappa shape index (κ1) is 14.0. The van der Waals surface area contributed by atoms with Gasteiger partial charge in [0.1, 0.15) is 5.75 Å². The molecule has 1 rings (SSSR count). The SMILES string of the molecule is CC(C)CC[C@H](N)c1cc(Br)c(O)c(Br)c1. The van der Waals surface area contributed by atoms with Crippen molar-refractivity contribution in [1.29, 1.82) is 0 Å². The van der Waals surface area contributed by atoms with E-state index in [0.717, 1.165) is 18.4 Å². The Labute approximate surface area is 113 Å². The van der Waals surface area contributed by atoms with E-state index in [0.29, 0.717) is 14.9 Å². The smallest absolute Gasteiger partial charge is 0.143 e. The minimum atomic E-state index is 0.0237. The Morgan fingerprint density at radius 3 is 2.12 bits per heavy atom. The van der Waals surface area contributed by atoms with Crippen LogP contribution in [-0.4, -0.2) is 5.11 Å². The zero-order chi connectivity index (χ0) is 12.3. The van der Waals surface area contributed by atoms with Gasteiger partial charge in [0.25, 0.3) is 0 Å². The van der Waals surface area contributed by atoms with E-state index in [9.17, 15) is 5.11 Å². The number of nitrogens with two attached hydrogens (primary N) is 1. The lowest BCUT2D eigenvalue weighted by atomic mass is 9.98. The van der Waals surface area contributed by atoms with Crippen LogP contribution in [0.2, 0.25) is 0 Å². The molecule has 0 aliphatic rings. The zero-order valence-corrected chi connectivity index (χ0v) is 12.7. The molecule has 0 saturated carbocycles. The molecule has 0 aliphatic heterocycles. The molecule has 2 nitrogen and oxygen atoms in total. The molecule has 90 valence electrons. The van der Waals surface area contributed by atoms with E-state index in [1.165, 1.54) is 0 Å². The first-order valence-electron chi connectivity index (χ1n) is 5.35. The molecule has 0 aliphatic carbocycles. The Kier molecular flexibility index (Phi) is 5.28. The average molecular weight is 351 g/mol. The van der Waals surface area contributed by atoms with E-state index in [2.05, 4.69) is 45.7 Å². The molecular weight excluding hydrogens is 334 g/mol. The van der Waals surface area contributed by atoms with Crippen LogP contribution < -0.4 is 5.73 Å². The van der Waals surface area contributed by atoms with Crippen molar-refractivity contribution < 1.29 is 5.11 Å². The maximum absolute atomic E-state index is 9.60. The number of rotatable bonds is 4. The first-order valence-corrected chi connectivity index (χ1v) is 6.94. The molecule has 1 atom stereocenters. The van der Waals surface area contributed by atoms with Crippen molar-refractivity contribution in [3.05, 3.63) is 26.6 Å². The maximum atomic E-state index is 9.60. The van der Waals surface area contributed by atoms with Crippen molar-refractivity contribution in [2.45, 2.75) is 32.7 Å². The second-order valence-electron chi connectivity index (χ2n) is 4.41. The summed E-state index contributed by atoms with van der Waals surface area (Å²) in [7, 11) is 0. The maximum Gasteiger partial charge on any atom is 0.143 e. The molecule has 4 heteroatoms. The van der Waals surface area contributed by atoms with Crippen LogP contribution in [0.5, 0.6) is 5.75 Å². The molecule has 0 aromatic heterocycles. The van der Waals surface area contributed by atoms with Crippen molar-refractivity contribution in [1.82, 2.24) is 0 Å². The first-order chi connectivity index (χ1) is 7.41. The Morgan fingerprint density at radius 1 is 1.19 bits per heavy atom. The summed E-state index contributed by atoms with van der Waals surface area (Å²) >= 11 is 6.62. The van der Waals surface area contributed by atoms with Crippen LogP contribution in [0.1, 0.15) is 38.3 Å². The fourth-order valence-electron chi connectivity index (χ4n) is 1.48. The Morgan fingerprint density at radius 2 is 1.69 bits per heavy atom. The topological polar surface area (TPSA) is 46.2 Å². The Hall–Kier alpha value is -0.0600. The van der Waals surface area contributed by atoms with Crippen LogP contribution in [0.3, 0.4) is 0 Å². The van der Waals surface area contributed by atoms with E-state index >= 15 is 0 Å². The highest BCUT2D eigenvalue weighted by Gasteiger charge is 2.12. The molecule has 1 aromatic carbocycles. The largest absolute Gasteiger partial charge is 0.506 e. The third-order valence-corrected chi connectivity index (χ3v) is 3.73. The number of halogens is 2. The van der Waals surface area contributed by atoms with Gasteiger partial charge in [-0.2, -0.15) is 0 Å². The number of aromatic hydroxyl groups is 1. The van der Waals surface area contributed by atoms with Crippen LogP contribution in [0.4, 0.5) is 0 Å². The summed E-state index contributed by atoms with van der Waals surface area (Å²) in [4.78, 5) is 0. The standard InChI is InChI=1S/C12H17Br2NO/c1-7(2)3-4-11(15)8-5-9(13)12(16)10(14)6-8/h5-7,11,16H,3-4,15H2,1-2H3/t11-/m0/s1. The predicted octanol–water partition coefficient (Wildman–Crippen LogP) is 4.35. The number of phenolic OH excluding ortho intramolecular Hbond substituents is 1. The minimum absolute atomic E-state index is 0.0237. The molecule has 16 heavy (non-hydrogen) atoms. The van der Waals surface area contributed by atoms with Crippen molar-refractivity contribution in [3.8, 4) is 5.75 Å². The fourth-order valence-corrected chi connectivity index (χ4v) is 2.70. The van der Waals surface area contributed by atoms with Gasteiger partial charge in [-0.05, 0) is 68.3 Å². The van der Waals surface area contributed by atoms with E-state index in [4.69, 9.17) is 5.73 Å². The lowest BCUT2D eigenvalue weighted by Gasteiger charge is -2.15. The Bertz CT molecular complexity index is 343. The van der Waals surface area contributed by atoms with Gasteiger partial charge in [0.15, 0.2) is 0 Å². The summed E-state index contributed by atoms with van der Waals surface area (Å²) in [6.07, 6.45) is 2.07. The molecule has 0 saturated heterocycles.